The van der Waals surface area contributed by atoms with Crippen LogP contribution in [-0.4, -0.2) is 38.7 Å². The Morgan fingerprint density at radius 3 is 2.22 bits per heavy atom. The van der Waals surface area contributed by atoms with Crippen LogP contribution in [0.4, 0.5) is 14.5 Å². The van der Waals surface area contributed by atoms with E-state index in [0.717, 1.165) is 57.2 Å². The van der Waals surface area contributed by atoms with E-state index in [1.807, 2.05) is 0 Å². The summed E-state index contributed by atoms with van der Waals surface area (Å²) in [4.78, 5) is 2.39. The summed E-state index contributed by atoms with van der Waals surface area (Å²) in [5.41, 5.74) is 2.95. The van der Waals surface area contributed by atoms with Crippen LogP contribution in [0.3, 0.4) is 0 Å². The third-order valence-corrected chi connectivity index (χ3v) is 8.95. The molecule has 1 aliphatic heterocycles. The van der Waals surface area contributed by atoms with E-state index >= 15 is 8.78 Å². The van der Waals surface area contributed by atoms with Crippen molar-refractivity contribution in [2.24, 2.45) is 17.8 Å². The number of alkyl halides is 2. The molecular formula is C30H39F2NO3. The molecule has 2 aromatic rings. The SMILES string of the molecule is COC(OC)C1CCN(c2ccc([C@H]3c4ccc(O)cc4C(F)(F)C[C@H]3C3CCCCC3)cc2)CC1. The normalized spacial score (nSPS) is 25.2. The van der Waals surface area contributed by atoms with Gasteiger partial charge in [0.2, 0.25) is 0 Å². The average molecular weight is 500 g/mol. The number of rotatable bonds is 6. The number of phenolic OH excluding ortho intramolecular Hbond substituents is 1. The lowest BCUT2D eigenvalue weighted by molar-refractivity contribution is -0.141. The number of nitrogens with zero attached hydrogens (tertiary/aromatic N) is 1. The second-order valence-electron chi connectivity index (χ2n) is 11.0. The van der Waals surface area contributed by atoms with Crippen molar-refractivity contribution in [1.29, 1.82) is 0 Å². The van der Waals surface area contributed by atoms with Crippen molar-refractivity contribution in [3.05, 3.63) is 59.2 Å². The number of aromatic hydroxyl groups is 1. The molecule has 1 saturated carbocycles. The second-order valence-corrected chi connectivity index (χ2v) is 11.0. The van der Waals surface area contributed by atoms with Crippen LogP contribution in [0.5, 0.6) is 5.75 Å². The number of anilines is 1. The smallest absolute Gasteiger partial charge is 0.274 e. The molecule has 2 fully saturated rings. The molecule has 2 aromatic carbocycles. The van der Waals surface area contributed by atoms with Crippen LogP contribution in [-0.2, 0) is 15.4 Å². The summed E-state index contributed by atoms with van der Waals surface area (Å²) in [5, 5.41) is 10.0. The molecule has 0 unspecified atom stereocenters. The summed E-state index contributed by atoms with van der Waals surface area (Å²) in [6.45, 7) is 1.88. The van der Waals surface area contributed by atoms with E-state index in [-0.39, 0.29) is 35.9 Å². The Morgan fingerprint density at radius 1 is 0.917 bits per heavy atom. The number of piperidine rings is 1. The molecule has 1 N–H and O–H groups in total. The molecule has 0 amide bonds. The van der Waals surface area contributed by atoms with E-state index < -0.39 is 5.92 Å². The van der Waals surface area contributed by atoms with E-state index in [1.165, 1.54) is 18.2 Å². The van der Waals surface area contributed by atoms with Gasteiger partial charge in [0.05, 0.1) is 0 Å². The molecule has 2 atom stereocenters. The molecule has 36 heavy (non-hydrogen) atoms. The van der Waals surface area contributed by atoms with Crippen molar-refractivity contribution in [1.82, 2.24) is 0 Å². The van der Waals surface area contributed by atoms with Gasteiger partial charge in [0.25, 0.3) is 5.92 Å². The highest BCUT2D eigenvalue weighted by Crippen LogP contribution is 2.55. The van der Waals surface area contributed by atoms with E-state index in [0.29, 0.717) is 17.4 Å². The van der Waals surface area contributed by atoms with Crippen LogP contribution in [0.25, 0.3) is 0 Å². The third-order valence-electron chi connectivity index (χ3n) is 8.95. The molecule has 0 aromatic heterocycles. The standard InChI is InChI=1S/C30H39F2NO3/c1-35-29(36-2)22-14-16-33(17-15-22)23-10-8-21(9-11-23)28-25-13-12-24(34)18-27(25)30(31,32)19-26(28)20-6-4-3-5-7-20/h8-13,18,20,22,26,28-29,34H,3-7,14-17,19H2,1-2H3/t26-,28-/m0/s1. The first-order valence-electron chi connectivity index (χ1n) is 13.5. The minimum atomic E-state index is -2.92. The molecule has 2 aliphatic carbocycles. The number of ether oxygens (including phenoxy) is 2. The first-order valence-corrected chi connectivity index (χ1v) is 13.5. The van der Waals surface area contributed by atoms with Gasteiger partial charge in [-0.1, -0.05) is 50.3 Å². The molecule has 0 radical (unpaired) electrons. The van der Waals surface area contributed by atoms with E-state index in [1.54, 1.807) is 26.4 Å². The number of phenols is 1. The maximum absolute atomic E-state index is 15.4. The fourth-order valence-corrected chi connectivity index (χ4v) is 7.12. The minimum absolute atomic E-state index is 0.00320. The molecule has 196 valence electrons. The first kappa shape index (κ1) is 25.5. The zero-order valence-corrected chi connectivity index (χ0v) is 21.5. The van der Waals surface area contributed by atoms with Crippen molar-refractivity contribution in [3.63, 3.8) is 0 Å². The summed E-state index contributed by atoms with van der Waals surface area (Å²) in [7, 11) is 3.39. The highest BCUT2D eigenvalue weighted by atomic mass is 19.3. The molecule has 4 nitrogen and oxygen atoms in total. The second kappa shape index (κ2) is 10.7. The van der Waals surface area contributed by atoms with Gasteiger partial charge >= 0.3 is 0 Å². The van der Waals surface area contributed by atoms with Crippen molar-refractivity contribution in [2.45, 2.75) is 69.5 Å². The van der Waals surface area contributed by atoms with Gasteiger partial charge in [-0.3, -0.25) is 0 Å². The predicted octanol–water partition coefficient (Wildman–Crippen LogP) is 7.05. The maximum Gasteiger partial charge on any atom is 0.274 e. The predicted molar refractivity (Wildman–Crippen MR) is 138 cm³/mol. The largest absolute Gasteiger partial charge is 0.508 e. The van der Waals surface area contributed by atoms with Gasteiger partial charge in [-0.15, -0.1) is 0 Å². The lowest BCUT2D eigenvalue weighted by Gasteiger charge is -2.43. The summed E-state index contributed by atoms with van der Waals surface area (Å²) >= 11 is 0. The van der Waals surface area contributed by atoms with Crippen LogP contribution in [0.1, 0.15) is 74.0 Å². The van der Waals surface area contributed by atoms with Crippen molar-refractivity contribution < 1.29 is 23.4 Å². The summed E-state index contributed by atoms with van der Waals surface area (Å²) < 4.78 is 41.7. The van der Waals surface area contributed by atoms with Gasteiger partial charge in [0.15, 0.2) is 6.29 Å². The number of hydrogen-bond donors (Lipinski definition) is 1. The molecule has 5 rings (SSSR count). The van der Waals surface area contributed by atoms with E-state index in [9.17, 15) is 5.11 Å². The molecule has 3 aliphatic rings. The molecule has 6 heteroatoms. The van der Waals surface area contributed by atoms with Gasteiger partial charge in [0, 0.05) is 56.8 Å². The Bertz CT molecular complexity index is 1010. The van der Waals surface area contributed by atoms with E-state index in [4.69, 9.17) is 9.47 Å². The fraction of sp³-hybridized carbons (Fsp3) is 0.600. The Kier molecular flexibility index (Phi) is 7.55. The monoisotopic (exact) mass is 499 g/mol. The van der Waals surface area contributed by atoms with Gasteiger partial charge in [-0.25, -0.2) is 8.78 Å². The maximum atomic E-state index is 15.4. The number of hydrogen-bond acceptors (Lipinski definition) is 4. The number of fused-ring (bicyclic) bond motifs is 1. The van der Waals surface area contributed by atoms with Gasteiger partial charge in [-0.2, -0.15) is 0 Å². The highest BCUT2D eigenvalue weighted by Gasteiger charge is 2.48. The lowest BCUT2D eigenvalue weighted by Crippen LogP contribution is -2.39. The van der Waals surface area contributed by atoms with Crippen molar-refractivity contribution >= 4 is 5.69 Å². The van der Waals surface area contributed by atoms with Crippen LogP contribution >= 0.6 is 0 Å². The first-order chi connectivity index (χ1) is 17.4. The van der Waals surface area contributed by atoms with Gasteiger partial charge in [0.1, 0.15) is 5.75 Å². The van der Waals surface area contributed by atoms with Gasteiger partial charge < -0.3 is 19.5 Å². The zero-order chi connectivity index (χ0) is 25.3. The Labute approximate surface area is 213 Å². The highest BCUT2D eigenvalue weighted by molar-refractivity contribution is 5.52. The van der Waals surface area contributed by atoms with Gasteiger partial charge in [-0.05, 0) is 60.1 Å². The number of benzene rings is 2. The van der Waals surface area contributed by atoms with Crippen molar-refractivity contribution in [3.8, 4) is 5.75 Å². The Balaban J connectivity index is 1.41. The molecule has 1 heterocycles. The topological polar surface area (TPSA) is 41.9 Å². The average Bonchev–Trinajstić information content (AvgIpc) is 2.90. The number of halogens is 2. The summed E-state index contributed by atoms with van der Waals surface area (Å²) in [6, 6.07) is 13.2. The summed E-state index contributed by atoms with van der Waals surface area (Å²) in [6.07, 6.45) is 7.23. The lowest BCUT2D eigenvalue weighted by atomic mass is 9.63. The Hall–Kier alpha value is -2.18. The van der Waals surface area contributed by atoms with Crippen LogP contribution in [0.15, 0.2) is 42.5 Å². The Morgan fingerprint density at radius 2 is 1.58 bits per heavy atom. The summed E-state index contributed by atoms with van der Waals surface area (Å²) in [5.74, 6) is -2.48. The zero-order valence-electron chi connectivity index (χ0n) is 21.5. The van der Waals surface area contributed by atoms with Crippen LogP contribution in [0.2, 0.25) is 0 Å². The van der Waals surface area contributed by atoms with Crippen LogP contribution < -0.4 is 4.90 Å². The van der Waals surface area contributed by atoms with E-state index in [2.05, 4.69) is 29.2 Å². The quantitative estimate of drug-likeness (QED) is 0.433. The molecule has 1 saturated heterocycles. The fourth-order valence-electron chi connectivity index (χ4n) is 7.12. The van der Waals surface area contributed by atoms with Crippen molar-refractivity contribution in [2.75, 3.05) is 32.2 Å². The molecule has 0 bridgehead atoms. The molecular weight excluding hydrogens is 460 g/mol. The van der Waals surface area contributed by atoms with Crippen LogP contribution in [0, 0.1) is 17.8 Å². The minimum Gasteiger partial charge on any atom is -0.508 e. The third kappa shape index (κ3) is 4.99. The number of methoxy groups -OCH3 is 2. The molecule has 0 spiro atoms.